The van der Waals surface area contributed by atoms with Crippen LogP contribution in [0.2, 0.25) is 0 Å². The lowest BCUT2D eigenvalue weighted by Gasteiger charge is -2.11. The average molecular weight is 410 g/mol. The molecule has 0 aliphatic rings. The van der Waals surface area contributed by atoms with Gasteiger partial charge in [0.15, 0.2) is 5.13 Å². The van der Waals surface area contributed by atoms with Crippen LogP contribution < -0.4 is 10.1 Å². The number of aromatic nitrogens is 1. The maximum absolute atomic E-state index is 13.0. The van der Waals surface area contributed by atoms with Crippen LogP contribution in [-0.2, 0) is 6.61 Å². The molecule has 0 radical (unpaired) electrons. The molecule has 2 aromatic carbocycles. The summed E-state index contributed by atoms with van der Waals surface area (Å²) in [6, 6.07) is 17.0. The zero-order valence-electron chi connectivity index (χ0n) is 14.6. The number of para-hydroxylation sites is 1. The minimum atomic E-state index is -0.297. The van der Waals surface area contributed by atoms with Gasteiger partial charge in [-0.05, 0) is 41.3 Å². The molecule has 0 fully saturated rings. The molecule has 0 saturated heterocycles. The first-order chi connectivity index (χ1) is 13.7. The van der Waals surface area contributed by atoms with E-state index in [1.807, 2.05) is 22.9 Å². The van der Waals surface area contributed by atoms with E-state index >= 15 is 0 Å². The van der Waals surface area contributed by atoms with Crippen molar-refractivity contribution in [1.82, 2.24) is 4.98 Å². The second kappa shape index (κ2) is 8.33. The van der Waals surface area contributed by atoms with Crippen LogP contribution >= 0.6 is 22.7 Å². The molecule has 0 saturated carbocycles. The molecular weight excluding hydrogens is 395 g/mol. The highest BCUT2D eigenvalue weighted by atomic mass is 32.1. The quantitative estimate of drug-likeness (QED) is 0.434. The van der Waals surface area contributed by atoms with Crippen molar-refractivity contribution in [3.05, 3.63) is 88.4 Å². The standard InChI is InChI=1S/C21H15FN2O2S2/c22-15-9-7-14(8-10-15)12-26-18-5-2-1-4-16(18)20(25)24-21-23-17(13-28-21)19-6-3-11-27-19/h1-11,13H,12H2,(H,23,24,25). The second-order valence-corrected chi connectivity index (χ2v) is 7.69. The van der Waals surface area contributed by atoms with Gasteiger partial charge in [0.2, 0.25) is 0 Å². The second-order valence-electron chi connectivity index (χ2n) is 5.88. The van der Waals surface area contributed by atoms with E-state index in [0.29, 0.717) is 16.4 Å². The van der Waals surface area contributed by atoms with Crippen molar-refractivity contribution in [1.29, 1.82) is 0 Å². The van der Waals surface area contributed by atoms with Gasteiger partial charge in [-0.3, -0.25) is 10.1 Å². The molecular formula is C21H15FN2O2S2. The van der Waals surface area contributed by atoms with Gasteiger partial charge >= 0.3 is 0 Å². The summed E-state index contributed by atoms with van der Waals surface area (Å²) in [5.74, 6) is -0.130. The van der Waals surface area contributed by atoms with Crippen LogP contribution in [0.4, 0.5) is 9.52 Å². The third kappa shape index (κ3) is 4.27. The highest BCUT2D eigenvalue weighted by Gasteiger charge is 2.15. The third-order valence-electron chi connectivity index (χ3n) is 3.94. The van der Waals surface area contributed by atoms with Crippen LogP contribution in [0.15, 0.2) is 71.4 Å². The number of carbonyl (C=O) groups is 1. The number of hydrogen-bond acceptors (Lipinski definition) is 5. The van der Waals surface area contributed by atoms with Crippen molar-refractivity contribution in [2.75, 3.05) is 5.32 Å². The number of nitrogens with zero attached hydrogens (tertiary/aromatic N) is 1. The van der Waals surface area contributed by atoms with Crippen LogP contribution in [0.5, 0.6) is 5.75 Å². The Balaban J connectivity index is 1.46. The maximum Gasteiger partial charge on any atom is 0.261 e. The number of carbonyl (C=O) groups excluding carboxylic acids is 1. The number of ether oxygens (including phenoxy) is 1. The Labute approximate surface area is 169 Å². The predicted molar refractivity (Wildman–Crippen MR) is 111 cm³/mol. The number of rotatable bonds is 6. The highest BCUT2D eigenvalue weighted by Crippen LogP contribution is 2.29. The van der Waals surface area contributed by atoms with Gasteiger partial charge in [-0.2, -0.15) is 0 Å². The lowest BCUT2D eigenvalue weighted by atomic mass is 10.2. The van der Waals surface area contributed by atoms with Crippen LogP contribution in [0, 0.1) is 5.82 Å². The zero-order chi connectivity index (χ0) is 19.3. The monoisotopic (exact) mass is 410 g/mol. The minimum Gasteiger partial charge on any atom is -0.488 e. The molecule has 4 rings (SSSR count). The molecule has 1 amide bonds. The van der Waals surface area contributed by atoms with Crippen molar-refractivity contribution < 1.29 is 13.9 Å². The van der Waals surface area contributed by atoms with E-state index < -0.39 is 0 Å². The molecule has 2 heterocycles. The van der Waals surface area contributed by atoms with E-state index in [4.69, 9.17) is 4.74 Å². The van der Waals surface area contributed by atoms with Crippen LogP contribution in [0.25, 0.3) is 10.6 Å². The fourth-order valence-corrected chi connectivity index (χ4v) is 4.02. The number of benzene rings is 2. The van der Waals surface area contributed by atoms with Crippen molar-refractivity contribution in [3.63, 3.8) is 0 Å². The van der Waals surface area contributed by atoms with Gasteiger partial charge in [0.05, 0.1) is 16.1 Å². The van der Waals surface area contributed by atoms with E-state index in [1.165, 1.54) is 23.5 Å². The third-order valence-corrected chi connectivity index (χ3v) is 5.59. The summed E-state index contributed by atoms with van der Waals surface area (Å²) >= 11 is 2.98. The fraction of sp³-hybridized carbons (Fsp3) is 0.0476. The summed E-state index contributed by atoms with van der Waals surface area (Å²) in [6.07, 6.45) is 0. The van der Waals surface area contributed by atoms with Crippen molar-refractivity contribution in [3.8, 4) is 16.3 Å². The molecule has 0 unspecified atom stereocenters. The molecule has 0 atom stereocenters. The summed E-state index contributed by atoms with van der Waals surface area (Å²) in [5.41, 5.74) is 2.07. The normalized spacial score (nSPS) is 10.6. The number of halogens is 1. The maximum atomic E-state index is 13.0. The number of anilines is 1. The topological polar surface area (TPSA) is 51.2 Å². The first-order valence-electron chi connectivity index (χ1n) is 8.46. The number of thiophene rings is 1. The number of nitrogens with one attached hydrogen (secondary N) is 1. The Hall–Kier alpha value is -3.03. The van der Waals surface area contributed by atoms with E-state index in [0.717, 1.165) is 16.1 Å². The van der Waals surface area contributed by atoms with Gasteiger partial charge < -0.3 is 4.74 Å². The summed E-state index contributed by atoms with van der Waals surface area (Å²) in [5, 5.41) is 7.26. The van der Waals surface area contributed by atoms with Crippen LogP contribution in [0.3, 0.4) is 0 Å². The Bertz CT molecular complexity index is 1080. The van der Waals surface area contributed by atoms with Gasteiger partial charge in [-0.25, -0.2) is 9.37 Å². The molecule has 2 aromatic heterocycles. The number of hydrogen-bond donors (Lipinski definition) is 1. The summed E-state index contributed by atoms with van der Waals surface area (Å²) in [7, 11) is 0. The molecule has 0 aliphatic carbocycles. The first kappa shape index (κ1) is 18.3. The Morgan fingerprint density at radius 3 is 2.64 bits per heavy atom. The summed E-state index contributed by atoms with van der Waals surface area (Å²) < 4.78 is 18.8. The minimum absolute atomic E-state index is 0.240. The van der Waals surface area contributed by atoms with Crippen molar-refractivity contribution >= 4 is 33.7 Å². The SMILES string of the molecule is O=C(Nc1nc(-c2cccs2)cs1)c1ccccc1OCc1ccc(F)cc1. The average Bonchev–Trinajstić information content (AvgIpc) is 3.39. The largest absolute Gasteiger partial charge is 0.488 e. The Morgan fingerprint density at radius 2 is 1.86 bits per heavy atom. The van der Waals surface area contributed by atoms with E-state index in [1.54, 1.807) is 47.7 Å². The lowest BCUT2D eigenvalue weighted by Crippen LogP contribution is -2.13. The highest BCUT2D eigenvalue weighted by molar-refractivity contribution is 7.16. The van der Waals surface area contributed by atoms with Crippen molar-refractivity contribution in [2.45, 2.75) is 6.61 Å². The Kier molecular flexibility index (Phi) is 5.45. The lowest BCUT2D eigenvalue weighted by molar-refractivity contribution is 0.102. The van der Waals surface area contributed by atoms with E-state index in [9.17, 15) is 9.18 Å². The summed E-state index contributed by atoms with van der Waals surface area (Å²) in [6.45, 7) is 0.240. The van der Waals surface area contributed by atoms with E-state index in [2.05, 4.69) is 10.3 Å². The molecule has 7 heteroatoms. The molecule has 0 aliphatic heterocycles. The smallest absolute Gasteiger partial charge is 0.261 e. The van der Waals surface area contributed by atoms with E-state index in [-0.39, 0.29) is 18.3 Å². The fourth-order valence-electron chi connectivity index (χ4n) is 2.55. The van der Waals surface area contributed by atoms with Crippen LogP contribution in [-0.4, -0.2) is 10.9 Å². The number of amides is 1. The Morgan fingerprint density at radius 1 is 1.04 bits per heavy atom. The molecule has 28 heavy (non-hydrogen) atoms. The molecule has 140 valence electrons. The van der Waals surface area contributed by atoms with Gasteiger partial charge in [0.25, 0.3) is 5.91 Å². The molecule has 4 nitrogen and oxygen atoms in total. The van der Waals surface area contributed by atoms with Gasteiger partial charge in [-0.15, -0.1) is 22.7 Å². The molecule has 1 N–H and O–H groups in total. The van der Waals surface area contributed by atoms with Gasteiger partial charge in [0, 0.05) is 5.38 Å². The molecule has 0 bridgehead atoms. The first-order valence-corrected chi connectivity index (χ1v) is 10.2. The van der Waals surface area contributed by atoms with Gasteiger partial charge in [0.1, 0.15) is 18.2 Å². The summed E-state index contributed by atoms with van der Waals surface area (Å²) in [4.78, 5) is 18.2. The van der Waals surface area contributed by atoms with Crippen molar-refractivity contribution in [2.24, 2.45) is 0 Å². The molecule has 4 aromatic rings. The number of thiazole rings is 1. The van der Waals surface area contributed by atoms with Crippen LogP contribution in [0.1, 0.15) is 15.9 Å². The zero-order valence-corrected chi connectivity index (χ0v) is 16.2. The van der Waals surface area contributed by atoms with Gasteiger partial charge in [-0.1, -0.05) is 30.3 Å². The predicted octanol–water partition coefficient (Wildman–Crippen LogP) is 5.84. The molecule has 0 spiro atoms.